The second-order valence-corrected chi connectivity index (χ2v) is 9.14. The maximum absolute atomic E-state index is 14.1. The van der Waals surface area contributed by atoms with Gasteiger partial charge in [-0.1, -0.05) is 18.2 Å². The number of benzene rings is 3. The number of halogens is 2. The number of carbonyl (C=O) groups is 1. The summed E-state index contributed by atoms with van der Waals surface area (Å²) < 4.78 is 54.4. The Bertz CT molecular complexity index is 1460. The summed E-state index contributed by atoms with van der Waals surface area (Å²) in [7, 11) is -1.73. The fraction of sp³-hybridized carbons (Fsp3) is 0.0870. The molecule has 1 amide bonds. The number of hydrogen-bond acceptors (Lipinski definition) is 3. The lowest BCUT2D eigenvalue weighted by Crippen LogP contribution is -2.15. The summed E-state index contributed by atoms with van der Waals surface area (Å²) in [4.78, 5) is 12.9. The van der Waals surface area contributed by atoms with Crippen molar-refractivity contribution in [3.63, 3.8) is 0 Å². The van der Waals surface area contributed by atoms with Crippen molar-refractivity contribution in [1.29, 1.82) is 0 Å². The van der Waals surface area contributed by atoms with Gasteiger partial charge in [0.05, 0.1) is 17.5 Å². The zero-order valence-electron chi connectivity index (χ0n) is 17.2. The lowest BCUT2D eigenvalue weighted by atomic mass is 10.0. The highest BCUT2D eigenvalue weighted by Gasteiger charge is 2.15. The number of aryl methyl sites for hydroxylation is 1. The van der Waals surface area contributed by atoms with Crippen molar-refractivity contribution in [2.75, 3.05) is 16.3 Å². The molecule has 1 heterocycles. The molecule has 9 heteroatoms. The Morgan fingerprint density at radius 2 is 1.72 bits per heavy atom. The highest BCUT2D eigenvalue weighted by molar-refractivity contribution is 7.92. The van der Waals surface area contributed by atoms with Crippen LogP contribution in [0.5, 0.6) is 0 Å². The Kier molecular flexibility index (Phi) is 5.43. The zero-order chi connectivity index (χ0) is 23.0. The Hall–Kier alpha value is -3.72. The van der Waals surface area contributed by atoms with Gasteiger partial charge in [-0.3, -0.25) is 9.52 Å². The SMILES string of the molecule is Cn1c(C(=O)Nc2cccc(-c3ccc(F)cc3F)c2)cc2ccc(NS(C)(=O)=O)cc21. The Morgan fingerprint density at radius 3 is 2.44 bits per heavy atom. The summed E-state index contributed by atoms with van der Waals surface area (Å²) in [5, 5.41) is 3.55. The van der Waals surface area contributed by atoms with Gasteiger partial charge in [0, 0.05) is 29.8 Å². The van der Waals surface area contributed by atoms with Crippen LogP contribution in [0, 0.1) is 11.6 Å². The maximum atomic E-state index is 14.1. The summed E-state index contributed by atoms with van der Waals surface area (Å²) >= 11 is 0. The largest absolute Gasteiger partial charge is 0.340 e. The van der Waals surface area contributed by atoms with Crippen LogP contribution in [0.1, 0.15) is 10.5 Å². The van der Waals surface area contributed by atoms with Gasteiger partial charge >= 0.3 is 0 Å². The molecule has 0 fully saturated rings. The molecule has 0 radical (unpaired) electrons. The molecule has 0 aliphatic carbocycles. The highest BCUT2D eigenvalue weighted by atomic mass is 32.2. The van der Waals surface area contributed by atoms with E-state index >= 15 is 0 Å². The van der Waals surface area contributed by atoms with Crippen LogP contribution in [0.4, 0.5) is 20.2 Å². The number of aromatic nitrogens is 1. The molecule has 0 aliphatic heterocycles. The maximum Gasteiger partial charge on any atom is 0.272 e. The molecule has 0 saturated heterocycles. The molecule has 164 valence electrons. The van der Waals surface area contributed by atoms with Crippen LogP contribution in [0.25, 0.3) is 22.0 Å². The molecule has 6 nitrogen and oxygen atoms in total. The average molecular weight is 455 g/mol. The third-order valence-electron chi connectivity index (χ3n) is 4.94. The second kappa shape index (κ2) is 8.08. The first-order valence-corrected chi connectivity index (χ1v) is 11.4. The third-order valence-corrected chi connectivity index (χ3v) is 5.55. The van der Waals surface area contributed by atoms with Crippen LogP contribution in [-0.2, 0) is 17.1 Å². The van der Waals surface area contributed by atoms with Crippen LogP contribution in [0.3, 0.4) is 0 Å². The van der Waals surface area contributed by atoms with E-state index in [1.54, 1.807) is 60.1 Å². The molecule has 0 atom stereocenters. The number of rotatable bonds is 5. The monoisotopic (exact) mass is 455 g/mol. The van der Waals surface area contributed by atoms with Gasteiger partial charge in [0.1, 0.15) is 17.3 Å². The highest BCUT2D eigenvalue weighted by Crippen LogP contribution is 2.27. The minimum atomic E-state index is -3.43. The molecule has 0 unspecified atom stereocenters. The van der Waals surface area contributed by atoms with E-state index < -0.39 is 27.6 Å². The van der Waals surface area contributed by atoms with Gasteiger partial charge in [0.2, 0.25) is 10.0 Å². The lowest BCUT2D eigenvalue weighted by molar-refractivity contribution is 0.101. The first kappa shape index (κ1) is 21.5. The van der Waals surface area contributed by atoms with Gasteiger partial charge in [-0.25, -0.2) is 17.2 Å². The summed E-state index contributed by atoms with van der Waals surface area (Å²) in [6, 6.07) is 16.6. The Morgan fingerprint density at radius 1 is 0.938 bits per heavy atom. The molecule has 4 aromatic rings. The molecule has 3 aromatic carbocycles. The number of amides is 1. The van der Waals surface area contributed by atoms with E-state index in [9.17, 15) is 22.0 Å². The predicted octanol–water partition coefficient (Wildman–Crippen LogP) is 4.75. The first-order chi connectivity index (χ1) is 15.1. The first-order valence-electron chi connectivity index (χ1n) is 9.55. The Labute approximate surface area is 183 Å². The zero-order valence-corrected chi connectivity index (χ0v) is 18.0. The second-order valence-electron chi connectivity index (χ2n) is 7.40. The minimum absolute atomic E-state index is 0.220. The molecule has 4 rings (SSSR count). The van der Waals surface area contributed by atoms with Crippen LogP contribution in [0.2, 0.25) is 0 Å². The molecule has 0 spiro atoms. The summed E-state index contributed by atoms with van der Waals surface area (Å²) in [6.07, 6.45) is 1.06. The average Bonchev–Trinajstić information content (AvgIpc) is 3.03. The van der Waals surface area contributed by atoms with Crippen molar-refractivity contribution in [2.24, 2.45) is 7.05 Å². The topological polar surface area (TPSA) is 80.2 Å². The number of anilines is 2. The minimum Gasteiger partial charge on any atom is -0.340 e. The molecular weight excluding hydrogens is 436 g/mol. The van der Waals surface area contributed by atoms with Crippen molar-refractivity contribution in [2.45, 2.75) is 0 Å². The fourth-order valence-electron chi connectivity index (χ4n) is 3.51. The van der Waals surface area contributed by atoms with E-state index in [0.29, 0.717) is 28.1 Å². The number of fused-ring (bicyclic) bond motifs is 1. The van der Waals surface area contributed by atoms with E-state index in [2.05, 4.69) is 10.0 Å². The van der Waals surface area contributed by atoms with E-state index in [1.807, 2.05) is 0 Å². The van der Waals surface area contributed by atoms with Crippen molar-refractivity contribution >= 4 is 38.2 Å². The molecule has 32 heavy (non-hydrogen) atoms. The van der Waals surface area contributed by atoms with Gasteiger partial charge in [0.15, 0.2) is 0 Å². The van der Waals surface area contributed by atoms with E-state index in [4.69, 9.17) is 0 Å². The number of carbonyl (C=O) groups excluding carboxylic acids is 1. The number of hydrogen-bond donors (Lipinski definition) is 2. The van der Waals surface area contributed by atoms with Crippen molar-refractivity contribution in [3.8, 4) is 11.1 Å². The lowest BCUT2D eigenvalue weighted by Gasteiger charge is -2.10. The Balaban J connectivity index is 1.62. The van der Waals surface area contributed by atoms with E-state index in [0.717, 1.165) is 17.7 Å². The molecule has 0 bridgehead atoms. The van der Waals surface area contributed by atoms with E-state index in [1.165, 1.54) is 12.1 Å². The standard InChI is InChI=1S/C23H19F2N3O3S/c1-28-21-13-18(27-32(2,30)31)8-6-15(21)11-22(28)23(29)26-17-5-3-4-14(10-17)19-9-7-16(24)12-20(19)25/h3-13,27H,1-2H3,(H,26,29). The van der Waals surface area contributed by atoms with Crippen LogP contribution in [0.15, 0.2) is 66.7 Å². The van der Waals surface area contributed by atoms with Crippen LogP contribution >= 0.6 is 0 Å². The number of nitrogens with zero attached hydrogens (tertiary/aromatic N) is 1. The molecular formula is C23H19F2N3O3S. The van der Waals surface area contributed by atoms with Crippen LogP contribution in [-0.4, -0.2) is 25.1 Å². The van der Waals surface area contributed by atoms with Crippen molar-refractivity contribution in [1.82, 2.24) is 4.57 Å². The van der Waals surface area contributed by atoms with Crippen molar-refractivity contribution in [3.05, 3.63) is 84.1 Å². The molecule has 0 aliphatic rings. The van der Waals surface area contributed by atoms with Gasteiger partial charge in [0.25, 0.3) is 5.91 Å². The molecule has 0 saturated carbocycles. The summed E-state index contributed by atoms with van der Waals surface area (Å²) in [6.45, 7) is 0. The van der Waals surface area contributed by atoms with Gasteiger partial charge < -0.3 is 9.88 Å². The normalized spacial score (nSPS) is 11.5. The van der Waals surface area contributed by atoms with Gasteiger partial charge in [-0.2, -0.15) is 0 Å². The number of sulfonamides is 1. The summed E-state index contributed by atoms with van der Waals surface area (Å²) in [5.74, 6) is -1.75. The smallest absolute Gasteiger partial charge is 0.272 e. The summed E-state index contributed by atoms with van der Waals surface area (Å²) in [5.41, 5.74) is 2.58. The van der Waals surface area contributed by atoms with Crippen LogP contribution < -0.4 is 10.0 Å². The number of nitrogens with one attached hydrogen (secondary N) is 2. The van der Waals surface area contributed by atoms with E-state index in [-0.39, 0.29) is 5.56 Å². The third kappa shape index (κ3) is 4.47. The molecule has 2 N–H and O–H groups in total. The fourth-order valence-corrected chi connectivity index (χ4v) is 4.06. The van der Waals surface area contributed by atoms with Gasteiger partial charge in [-0.15, -0.1) is 0 Å². The van der Waals surface area contributed by atoms with Gasteiger partial charge in [-0.05, 0) is 48.0 Å². The predicted molar refractivity (Wildman–Crippen MR) is 121 cm³/mol. The van der Waals surface area contributed by atoms with Crippen molar-refractivity contribution < 1.29 is 22.0 Å². The quantitative estimate of drug-likeness (QED) is 0.456. The molecule has 1 aromatic heterocycles.